The minimum absolute atomic E-state index is 0. The molecule has 6 nitrogen and oxygen atoms in total. The van der Waals surface area contributed by atoms with Gasteiger partial charge < -0.3 is 20.4 Å². The van der Waals surface area contributed by atoms with Crippen LogP contribution in [-0.4, -0.2) is 44.6 Å². The van der Waals surface area contributed by atoms with Crippen LogP contribution in [0.2, 0.25) is 0 Å². The average molecular weight is 214 g/mol. The van der Waals surface area contributed by atoms with Crippen molar-refractivity contribution in [1.82, 2.24) is 0 Å². The summed E-state index contributed by atoms with van der Waals surface area (Å²) >= 11 is 0. The first kappa shape index (κ1) is 13.0. The molecule has 0 aliphatic carbocycles. The zero-order chi connectivity index (χ0) is 8.31. The van der Waals surface area contributed by atoms with Gasteiger partial charge in [0, 0.05) is 17.1 Å². The molecule has 2 atom stereocenters. The smallest absolute Gasteiger partial charge is 0.335 e. The van der Waals surface area contributed by atoms with Gasteiger partial charge in [0.2, 0.25) is 0 Å². The molecule has 0 fully saturated rings. The molecule has 0 aliphatic heterocycles. The van der Waals surface area contributed by atoms with E-state index in [0.717, 1.165) is 0 Å². The molecule has 0 aliphatic rings. The summed E-state index contributed by atoms with van der Waals surface area (Å²) in [5.74, 6) is -3.54. The summed E-state index contributed by atoms with van der Waals surface area (Å²) in [4.78, 5) is 19.5. The number of aliphatic hydroxyl groups is 2. The molecule has 7 heteroatoms. The van der Waals surface area contributed by atoms with Gasteiger partial charge in [-0.05, 0) is 0 Å². The van der Waals surface area contributed by atoms with E-state index in [1.807, 2.05) is 0 Å². The van der Waals surface area contributed by atoms with E-state index in [1.54, 1.807) is 0 Å². The Balaban J connectivity index is 0. The summed E-state index contributed by atoms with van der Waals surface area (Å²) in [5.41, 5.74) is 0. The maximum absolute atomic E-state index is 9.77. The molecule has 0 saturated carbocycles. The minimum Gasteiger partial charge on any atom is -0.479 e. The van der Waals surface area contributed by atoms with E-state index in [2.05, 4.69) is 0 Å². The Morgan fingerprint density at radius 3 is 1.18 bits per heavy atom. The molecule has 2 unspecified atom stereocenters. The number of carbonyl (C=O) groups is 2. The third kappa shape index (κ3) is 3.94. The van der Waals surface area contributed by atoms with Gasteiger partial charge in [0.05, 0.1) is 0 Å². The number of hydrogen-bond acceptors (Lipinski definition) is 4. The summed E-state index contributed by atoms with van der Waals surface area (Å²) in [5, 5.41) is 32.5. The second-order valence-corrected chi connectivity index (χ2v) is 1.57. The molecule has 0 saturated heterocycles. The second kappa shape index (κ2) is 5.09. The Morgan fingerprint density at radius 2 is 1.09 bits per heavy atom. The molecule has 0 heterocycles. The van der Waals surface area contributed by atoms with E-state index in [1.165, 1.54) is 0 Å². The van der Waals surface area contributed by atoms with Gasteiger partial charge in [-0.25, -0.2) is 9.59 Å². The van der Waals surface area contributed by atoms with Crippen LogP contribution in [0, 0.1) is 0 Å². The first-order valence-corrected chi connectivity index (χ1v) is 2.28. The molecule has 69 valence electrons. The largest absolute Gasteiger partial charge is 0.479 e. The van der Waals surface area contributed by atoms with Crippen molar-refractivity contribution >= 4 is 11.9 Å². The van der Waals surface area contributed by atoms with E-state index in [-0.39, 0.29) is 17.1 Å². The quantitative estimate of drug-likeness (QED) is 0.399. The number of aliphatic carboxylic acids is 2. The molecule has 11 heavy (non-hydrogen) atoms. The third-order valence-electron chi connectivity index (χ3n) is 0.805. The van der Waals surface area contributed by atoms with E-state index in [9.17, 15) is 9.59 Å². The molecule has 0 spiro atoms. The van der Waals surface area contributed by atoms with Crippen molar-refractivity contribution in [1.29, 1.82) is 0 Å². The number of carboxylic acid groups (broad SMARTS) is 2. The average Bonchev–Trinajstić information content (AvgIpc) is 1.84. The van der Waals surface area contributed by atoms with E-state index in [4.69, 9.17) is 20.4 Å². The minimum atomic E-state index is -2.27. The fourth-order valence-electron chi connectivity index (χ4n) is 0.270. The maximum atomic E-state index is 9.77. The third-order valence-corrected chi connectivity index (χ3v) is 0.805. The van der Waals surface area contributed by atoms with Gasteiger partial charge in [0.15, 0.2) is 12.2 Å². The fraction of sp³-hybridized carbons (Fsp3) is 0.500. The van der Waals surface area contributed by atoms with Gasteiger partial charge in [-0.3, -0.25) is 0 Å². The van der Waals surface area contributed by atoms with Gasteiger partial charge in [0.1, 0.15) is 0 Å². The van der Waals surface area contributed by atoms with Crippen LogP contribution in [-0.2, 0) is 26.7 Å². The van der Waals surface area contributed by atoms with Crippen molar-refractivity contribution in [3.63, 3.8) is 0 Å². The maximum Gasteiger partial charge on any atom is 0.335 e. The van der Waals surface area contributed by atoms with E-state index < -0.39 is 24.1 Å². The molecule has 4 N–H and O–H groups in total. The second-order valence-electron chi connectivity index (χ2n) is 1.57. The van der Waals surface area contributed by atoms with Crippen molar-refractivity contribution < 1.29 is 47.1 Å². The molecule has 0 aromatic rings. The Morgan fingerprint density at radius 1 is 0.909 bits per heavy atom. The first-order valence-electron chi connectivity index (χ1n) is 2.28. The van der Waals surface area contributed by atoms with Crippen LogP contribution in [0.4, 0.5) is 0 Å². The summed E-state index contributed by atoms with van der Waals surface area (Å²) in [6.45, 7) is 0. The van der Waals surface area contributed by atoms with Gasteiger partial charge in [-0.2, -0.15) is 0 Å². The van der Waals surface area contributed by atoms with Crippen molar-refractivity contribution in [3.8, 4) is 0 Å². The summed E-state index contributed by atoms with van der Waals surface area (Å²) in [6.07, 6.45) is -4.53. The summed E-state index contributed by atoms with van der Waals surface area (Å²) in [7, 11) is 0. The van der Waals surface area contributed by atoms with Gasteiger partial charge in [-0.1, -0.05) is 0 Å². The van der Waals surface area contributed by atoms with Gasteiger partial charge in [0.25, 0.3) is 0 Å². The fourth-order valence-corrected chi connectivity index (χ4v) is 0.270. The monoisotopic (exact) mass is 213 g/mol. The Hall–Kier alpha value is -0.621. The Labute approximate surface area is 71.9 Å². The normalized spacial score (nSPS) is 14.4. The van der Waals surface area contributed by atoms with E-state index in [0.29, 0.717) is 0 Å². The van der Waals surface area contributed by atoms with Crippen LogP contribution in [0.25, 0.3) is 0 Å². The predicted octanol–water partition coefficient (Wildman–Crippen LogP) is -2.13. The van der Waals surface area contributed by atoms with Crippen molar-refractivity contribution in [2.24, 2.45) is 0 Å². The van der Waals surface area contributed by atoms with Crippen molar-refractivity contribution in [2.45, 2.75) is 12.2 Å². The summed E-state index contributed by atoms with van der Waals surface area (Å²) in [6, 6.07) is 0. The van der Waals surface area contributed by atoms with Crippen LogP contribution in [0.5, 0.6) is 0 Å². The van der Waals surface area contributed by atoms with Crippen LogP contribution in [0.3, 0.4) is 0 Å². The Kier molecular flexibility index (Phi) is 6.01. The van der Waals surface area contributed by atoms with Crippen molar-refractivity contribution in [2.75, 3.05) is 0 Å². The van der Waals surface area contributed by atoms with Crippen LogP contribution < -0.4 is 0 Å². The van der Waals surface area contributed by atoms with Crippen molar-refractivity contribution in [3.05, 3.63) is 0 Å². The SMILES string of the molecule is O=C(O)C(O)C(O)C(=O)O.[Cu]. The van der Waals surface area contributed by atoms with Gasteiger partial charge in [-0.15, -0.1) is 0 Å². The number of rotatable bonds is 3. The molecule has 0 amide bonds. The first-order chi connectivity index (χ1) is 4.46. The number of hydrogen-bond donors (Lipinski definition) is 4. The molecule has 0 aromatic carbocycles. The van der Waals surface area contributed by atoms with Crippen LogP contribution in [0.15, 0.2) is 0 Å². The predicted molar refractivity (Wildman–Crippen MR) is 27.3 cm³/mol. The van der Waals surface area contributed by atoms with Crippen LogP contribution >= 0.6 is 0 Å². The number of aliphatic hydroxyl groups excluding tert-OH is 2. The Bertz CT molecular complexity index is 139. The molecule has 0 rings (SSSR count). The number of carboxylic acids is 2. The summed E-state index contributed by atoms with van der Waals surface area (Å²) < 4.78 is 0. The van der Waals surface area contributed by atoms with Gasteiger partial charge >= 0.3 is 11.9 Å². The molecule has 0 aromatic heterocycles. The van der Waals surface area contributed by atoms with Crippen LogP contribution in [0.1, 0.15) is 0 Å². The standard InChI is InChI=1S/C4H6O6.Cu/c5-1(3(7)8)2(6)4(9)10;/h1-2,5-6H,(H,7,8)(H,9,10);. The zero-order valence-corrected chi connectivity index (χ0v) is 6.00. The topological polar surface area (TPSA) is 115 Å². The molecular weight excluding hydrogens is 208 g/mol. The molecule has 1 radical (unpaired) electrons. The van der Waals surface area contributed by atoms with E-state index >= 15 is 0 Å². The zero-order valence-electron chi connectivity index (χ0n) is 5.06. The molecule has 0 bridgehead atoms. The molecular formula is C4H6CuO6.